The maximum absolute atomic E-state index is 12.8. The molecule has 19 heavy (non-hydrogen) atoms. The van der Waals surface area contributed by atoms with E-state index in [-0.39, 0.29) is 16.8 Å². The van der Waals surface area contributed by atoms with E-state index >= 15 is 0 Å². The van der Waals surface area contributed by atoms with E-state index in [1.165, 1.54) is 6.07 Å². The SMILES string of the molecule is CC1CC(=O)CCN1c1ccc(Cl)c(C(F)(F)F)c1. The van der Waals surface area contributed by atoms with Crippen LogP contribution in [0.15, 0.2) is 18.2 Å². The summed E-state index contributed by atoms with van der Waals surface area (Å²) >= 11 is 5.59. The summed E-state index contributed by atoms with van der Waals surface area (Å²) in [6.45, 7) is 2.28. The van der Waals surface area contributed by atoms with Crippen LogP contribution < -0.4 is 4.90 Å². The van der Waals surface area contributed by atoms with Gasteiger partial charge in [-0.05, 0) is 25.1 Å². The first-order chi connectivity index (χ1) is 8.79. The molecule has 0 aliphatic carbocycles. The smallest absolute Gasteiger partial charge is 0.368 e. The number of benzene rings is 1. The molecule has 1 unspecified atom stereocenters. The second kappa shape index (κ2) is 5.04. The van der Waals surface area contributed by atoms with Gasteiger partial charge < -0.3 is 4.90 Å². The number of carbonyl (C=O) groups excluding carboxylic acids is 1. The molecule has 2 nitrogen and oxygen atoms in total. The van der Waals surface area contributed by atoms with Crippen LogP contribution in [0.2, 0.25) is 5.02 Å². The predicted octanol–water partition coefficient (Wildman–Crippen LogP) is 3.92. The Hall–Kier alpha value is -1.23. The number of nitrogens with zero attached hydrogens (tertiary/aromatic N) is 1. The van der Waals surface area contributed by atoms with Crippen molar-refractivity contribution in [1.29, 1.82) is 0 Å². The topological polar surface area (TPSA) is 20.3 Å². The van der Waals surface area contributed by atoms with Crippen molar-refractivity contribution in [1.82, 2.24) is 0 Å². The third kappa shape index (κ3) is 3.03. The molecule has 1 aliphatic heterocycles. The molecule has 6 heteroatoms. The number of carbonyl (C=O) groups is 1. The summed E-state index contributed by atoms with van der Waals surface area (Å²) in [6.07, 6.45) is -3.74. The number of piperidine rings is 1. The van der Waals surface area contributed by atoms with Gasteiger partial charge in [0.25, 0.3) is 0 Å². The first kappa shape index (κ1) is 14.2. The lowest BCUT2D eigenvalue weighted by atomic mass is 10.0. The highest BCUT2D eigenvalue weighted by molar-refractivity contribution is 6.31. The number of halogens is 4. The zero-order valence-corrected chi connectivity index (χ0v) is 11.1. The van der Waals surface area contributed by atoms with Crippen LogP contribution in [0.5, 0.6) is 0 Å². The van der Waals surface area contributed by atoms with Crippen LogP contribution >= 0.6 is 11.6 Å². The molecule has 1 saturated heterocycles. The quantitative estimate of drug-likeness (QED) is 0.782. The number of hydrogen-bond acceptors (Lipinski definition) is 2. The van der Waals surface area contributed by atoms with E-state index in [0.717, 1.165) is 6.07 Å². The van der Waals surface area contributed by atoms with Crippen molar-refractivity contribution < 1.29 is 18.0 Å². The number of ketones is 1. The molecule has 0 aromatic heterocycles. The van der Waals surface area contributed by atoms with Crippen LogP contribution in [0.3, 0.4) is 0 Å². The average Bonchev–Trinajstić information content (AvgIpc) is 2.29. The normalized spacial score (nSPS) is 20.8. The van der Waals surface area contributed by atoms with Crippen molar-refractivity contribution in [3.05, 3.63) is 28.8 Å². The molecule has 1 atom stereocenters. The molecule has 0 saturated carbocycles. The van der Waals surface area contributed by atoms with Gasteiger partial charge in [0.1, 0.15) is 5.78 Å². The van der Waals surface area contributed by atoms with Crippen LogP contribution in [0.4, 0.5) is 18.9 Å². The number of rotatable bonds is 1. The largest absolute Gasteiger partial charge is 0.417 e. The average molecular weight is 292 g/mol. The molecule has 0 N–H and O–H groups in total. The Morgan fingerprint density at radius 1 is 1.37 bits per heavy atom. The zero-order valence-electron chi connectivity index (χ0n) is 10.3. The maximum Gasteiger partial charge on any atom is 0.417 e. The van der Waals surface area contributed by atoms with Crippen molar-refractivity contribution in [2.24, 2.45) is 0 Å². The lowest BCUT2D eigenvalue weighted by Crippen LogP contribution is -2.41. The molecule has 104 valence electrons. The summed E-state index contributed by atoms with van der Waals surface area (Å²) in [5, 5.41) is -0.308. The van der Waals surface area contributed by atoms with E-state index in [0.29, 0.717) is 25.1 Å². The third-order valence-electron chi connectivity index (χ3n) is 3.27. The molecule has 1 fully saturated rings. The van der Waals surface area contributed by atoms with E-state index in [1.54, 1.807) is 6.07 Å². The van der Waals surface area contributed by atoms with Crippen molar-refractivity contribution in [2.45, 2.75) is 32.0 Å². The summed E-state index contributed by atoms with van der Waals surface area (Å²) in [7, 11) is 0. The van der Waals surface area contributed by atoms with E-state index in [9.17, 15) is 18.0 Å². The molecule has 1 aromatic rings. The van der Waals surface area contributed by atoms with Crippen LogP contribution in [-0.2, 0) is 11.0 Å². The third-order valence-corrected chi connectivity index (χ3v) is 3.60. The van der Waals surface area contributed by atoms with E-state index < -0.39 is 11.7 Å². The Bertz CT molecular complexity index is 501. The highest BCUT2D eigenvalue weighted by Gasteiger charge is 2.34. The van der Waals surface area contributed by atoms with E-state index in [4.69, 9.17) is 11.6 Å². The minimum Gasteiger partial charge on any atom is -0.368 e. The van der Waals surface area contributed by atoms with Gasteiger partial charge in [-0.3, -0.25) is 4.79 Å². The van der Waals surface area contributed by atoms with Gasteiger partial charge in [-0.15, -0.1) is 0 Å². The van der Waals surface area contributed by atoms with Crippen LogP contribution in [-0.4, -0.2) is 18.4 Å². The van der Waals surface area contributed by atoms with Gasteiger partial charge >= 0.3 is 6.18 Å². The molecule has 0 bridgehead atoms. The Kier molecular flexibility index (Phi) is 3.76. The van der Waals surface area contributed by atoms with Gasteiger partial charge in [-0.25, -0.2) is 0 Å². The first-order valence-corrected chi connectivity index (χ1v) is 6.32. The van der Waals surface area contributed by atoms with Crippen LogP contribution in [0.1, 0.15) is 25.3 Å². The van der Waals surface area contributed by atoms with Gasteiger partial charge in [-0.1, -0.05) is 11.6 Å². The molecule has 1 aromatic carbocycles. The molecular weight excluding hydrogens is 279 g/mol. The molecular formula is C13H13ClF3NO. The monoisotopic (exact) mass is 291 g/mol. The maximum atomic E-state index is 12.8. The summed E-state index contributed by atoms with van der Waals surface area (Å²) < 4.78 is 38.4. The standard InChI is InChI=1S/C13H13ClF3NO/c1-8-6-10(19)4-5-18(8)9-2-3-12(14)11(7-9)13(15,16)17/h2-3,7-8H,4-6H2,1H3. The number of hydrogen-bond donors (Lipinski definition) is 0. The van der Waals surface area contributed by atoms with Crippen molar-refractivity contribution in [3.63, 3.8) is 0 Å². The lowest BCUT2D eigenvalue weighted by molar-refractivity contribution is -0.137. The second-order valence-corrected chi connectivity index (χ2v) is 5.10. The van der Waals surface area contributed by atoms with Gasteiger partial charge in [0, 0.05) is 31.1 Å². The highest BCUT2D eigenvalue weighted by Crippen LogP contribution is 2.37. The molecule has 0 amide bonds. The highest BCUT2D eigenvalue weighted by atomic mass is 35.5. The summed E-state index contributed by atoms with van der Waals surface area (Å²) in [6, 6.07) is 3.77. The van der Waals surface area contributed by atoms with Crippen molar-refractivity contribution >= 4 is 23.1 Å². The number of anilines is 1. The predicted molar refractivity (Wildman–Crippen MR) is 67.5 cm³/mol. The Morgan fingerprint density at radius 3 is 2.63 bits per heavy atom. The van der Waals surface area contributed by atoms with Gasteiger partial charge in [0.2, 0.25) is 0 Å². The van der Waals surface area contributed by atoms with Gasteiger partial charge in [0.05, 0.1) is 10.6 Å². The van der Waals surface area contributed by atoms with Crippen LogP contribution in [0.25, 0.3) is 0 Å². The van der Waals surface area contributed by atoms with Crippen molar-refractivity contribution in [3.8, 4) is 0 Å². The first-order valence-electron chi connectivity index (χ1n) is 5.94. The molecule has 0 spiro atoms. The zero-order chi connectivity index (χ0) is 14.2. The molecule has 2 rings (SSSR count). The molecule has 0 radical (unpaired) electrons. The number of Topliss-reactive ketones (excluding diaryl/α,β-unsaturated/α-hetero) is 1. The Morgan fingerprint density at radius 2 is 2.05 bits per heavy atom. The van der Waals surface area contributed by atoms with E-state index in [1.807, 2.05) is 11.8 Å². The molecule has 1 heterocycles. The summed E-state index contributed by atoms with van der Waals surface area (Å²) in [5.74, 6) is 0.147. The Balaban J connectivity index is 2.33. The summed E-state index contributed by atoms with van der Waals surface area (Å²) in [5.41, 5.74) is -0.382. The summed E-state index contributed by atoms with van der Waals surface area (Å²) in [4.78, 5) is 13.1. The number of alkyl halides is 3. The molecule has 1 aliphatic rings. The van der Waals surface area contributed by atoms with Gasteiger partial charge in [0.15, 0.2) is 0 Å². The second-order valence-electron chi connectivity index (χ2n) is 4.70. The fourth-order valence-electron chi connectivity index (χ4n) is 2.30. The minimum absolute atomic E-state index is 0.0940. The van der Waals surface area contributed by atoms with Crippen molar-refractivity contribution in [2.75, 3.05) is 11.4 Å². The Labute approximate surface area is 114 Å². The fraction of sp³-hybridized carbons (Fsp3) is 0.462. The minimum atomic E-state index is -4.47. The lowest BCUT2D eigenvalue weighted by Gasteiger charge is -2.35. The van der Waals surface area contributed by atoms with Crippen LogP contribution in [0, 0.1) is 0 Å². The van der Waals surface area contributed by atoms with E-state index in [2.05, 4.69) is 0 Å². The van der Waals surface area contributed by atoms with Gasteiger partial charge in [-0.2, -0.15) is 13.2 Å². The fourth-order valence-corrected chi connectivity index (χ4v) is 2.52.